The summed E-state index contributed by atoms with van der Waals surface area (Å²) in [6.45, 7) is -0.802. The van der Waals surface area contributed by atoms with E-state index in [9.17, 15) is 26.3 Å². The number of hydrogen-bond acceptors (Lipinski definition) is 2. The monoisotopic (exact) mass is 273 g/mol. The van der Waals surface area contributed by atoms with Gasteiger partial charge in [-0.25, -0.2) is 0 Å². The van der Waals surface area contributed by atoms with E-state index in [0.29, 0.717) is 5.69 Å². The molecule has 0 saturated carbocycles. The molecule has 1 aromatic carbocycles. The van der Waals surface area contributed by atoms with Gasteiger partial charge in [-0.3, -0.25) is 0 Å². The number of benzene rings is 1. The normalized spacial score (nSPS) is 13.1. The third-order valence-corrected chi connectivity index (χ3v) is 1.99. The molecule has 0 aliphatic carbocycles. The molecule has 0 aliphatic heterocycles. The van der Waals surface area contributed by atoms with Crippen molar-refractivity contribution in [3.63, 3.8) is 0 Å². The fraction of sp³-hybridized carbons (Fsp3) is 0.400. The molecule has 2 nitrogen and oxygen atoms in total. The quantitative estimate of drug-likeness (QED) is 0.677. The molecule has 0 atom stereocenters. The van der Waals surface area contributed by atoms with Crippen LogP contribution in [-0.2, 0) is 11.3 Å². The lowest BCUT2D eigenvalue weighted by atomic mass is 10.2. The highest BCUT2D eigenvalue weighted by Gasteiger charge is 2.57. The van der Waals surface area contributed by atoms with Gasteiger partial charge in [-0.05, 0) is 17.7 Å². The predicted molar refractivity (Wildman–Crippen MR) is 51.5 cm³/mol. The van der Waals surface area contributed by atoms with Crippen molar-refractivity contribution in [2.75, 3.05) is 5.73 Å². The number of nitrogens with two attached hydrogens (primary N) is 1. The Morgan fingerprint density at radius 2 is 1.39 bits per heavy atom. The first-order chi connectivity index (χ1) is 8.10. The summed E-state index contributed by atoms with van der Waals surface area (Å²) in [5, 5.41) is 0. The summed E-state index contributed by atoms with van der Waals surface area (Å²) in [7, 11) is 0. The Balaban J connectivity index is 2.72. The van der Waals surface area contributed by atoms with Crippen LogP contribution in [0.1, 0.15) is 5.56 Å². The second-order valence-corrected chi connectivity index (χ2v) is 3.52. The first-order valence-electron chi connectivity index (χ1n) is 4.70. The Labute approximate surface area is 98.3 Å². The average Bonchev–Trinajstić information content (AvgIpc) is 2.17. The zero-order valence-electron chi connectivity index (χ0n) is 8.85. The largest absolute Gasteiger partial charge is 0.423 e. The third-order valence-electron chi connectivity index (χ3n) is 1.99. The molecule has 0 heterocycles. The molecule has 0 fully saturated rings. The number of hydrogen-bond donors (Lipinski definition) is 1. The Hall–Kier alpha value is -1.44. The minimum Gasteiger partial charge on any atom is -0.399 e. The van der Waals surface area contributed by atoms with Crippen LogP contribution in [0.3, 0.4) is 0 Å². The lowest BCUT2D eigenvalue weighted by Crippen LogP contribution is -2.44. The number of halogens is 6. The molecule has 1 aromatic rings. The van der Waals surface area contributed by atoms with Crippen molar-refractivity contribution < 1.29 is 31.1 Å². The minimum atomic E-state index is -5.49. The van der Waals surface area contributed by atoms with E-state index in [1.807, 2.05) is 0 Å². The van der Waals surface area contributed by atoms with Crippen LogP contribution < -0.4 is 5.73 Å². The van der Waals surface area contributed by atoms with E-state index in [1.165, 1.54) is 24.3 Å². The van der Waals surface area contributed by atoms with Crippen molar-refractivity contribution in [3.8, 4) is 0 Å². The molecular formula is C10H9F6NO. The minimum absolute atomic E-state index is 0.169. The van der Waals surface area contributed by atoms with E-state index < -0.39 is 25.1 Å². The molecule has 0 radical (unpaired) electrons. The maximum atomic E-state index is 12.1. The van der Waals surface area contributed by atoms with Crippen LogP contribution in [0.15, 0.2) is 24.3 Å². The van der Waals surface area contributed by atoms with Crippen LogP contribution in [0.5, 0.6) is 0 Å². The maximum absolute atomic E-state index is 12.1. The smallest absolute Gasteiger partial charge is 0.399 e. The summed E-state index contributed by atoms with van der Waals surface area (Å²) >= 11 is 0. The van der Waals surface area contributed by atoms with E-state index in [-0.39, 0.29) is 5.56 Å². The van der Waals surface area contributed by atoms with Crippen molar-refractivity contribution in [1.29, 1.82) is 0 Å². The van der Waals surface area contributed by atoms with Gasteiger partial charge in [0.15, 0.2) is 0 Å². The third kappa shape index (κ3) is 4.10. The van der Waals surface area contributed by atoms with Gasteiger partial charge in [-0.1, -0.05) is 12.1 Å². The molecule has 0 spiro atoms. The second-order valence-electron chi connectivity index (χ2n) is 3.52. The summed E-state index contributed by atoms with van der Waals surface area (Å²) < 4.78 is 76.6. The number of ether oxygens (including phenoxy) is 1. The number of alkyl halides is 6. The highest BCUT2D eigenvalue weighted by Crippen LogP contribution is 2.36. The fourth-order valence-electron chi connectivity index (χ4n) is 1.17. The Morgan fingerprint density at radius 3 is 1.78 bits per heavy atom. The summed E-state index contributed by atoms with van der Waals surface area (Å²) in [5.41, 5.74) is 5.84. The van der Waals surface area contributed by atoms with E-state index in [0.717, 1.165) is 0 Å². The molecule has 0 saturated heterocycles. The molecule has 18 heavy (non-hydrogen) atoms. The van der Waals surface area contributed by atoms with Crippen LogP contribution in [0.4, 0.5) is 32.0 Å². The van der Waals surface area contributed by atoms with Crippen molar-refractivity contribution in [3.05, 3.63) is 29.8 Å². The van der Waals surface area contributed by atoms with Gasteiger partial charge in [0.25, 0.3) is 0 Å². The summed E-state index contributed by atoms with van der Waals surface area (Å²) in [4.78, 5) is 0. The summed E-state index contributed by atoms with van der Waals surface area (Å²) in [6.07, 6.45) is -14.8. The van der Waals surface area contributed by atoms with Crippen LogP contribution in [0.25, 0.3) is 0 Å². The highest BCUT2D eigenvalue weighted by atomic mass is 19.4. The van der Waals surface area contributed by atoms with Crippen molar-refractivity contribution in [2.24, 2.45) is 0 Å². The van der Waals surface area contributed by atoms with Gasteiger partial charge in [-0.2, -0.15) is 26.3 Å². The number of rotatable bonds is 3. The van der Waals surface area contributed by atoms with Crippen LogP contribution in [0, 0.1) is 0 Å². The number of anilines is 1. The molecule has 102 valence electrons. The Bertz CT molecular complexity index is 369. The van der Waals surface area contributed by atoms with E-state index in [4.69, 9.17) is 5.73 Å². The molecule has 2 N–H and O–H groups in total. The van der Waals surface area contributed by atoms with Gasteiger partial charge >= 0.3 is 12.4 Å². The van der Waals surface area contributed by atoms with Crippen molar-refractivity contribution in [2.45, 2.75) is 25.1 Å². The van der Waals surface area contributed by atoms with E-state index >= 15 is 0 Å². The zero-order valence-corrected chi connectivity index (χ0v) is 8.85. The van der Waals surface area contributed by atoms with Gasteiger partial charge in [0.05, 0.1) is 6.61 Å². The topological polar surface area (TPSA) is 35.2 Å². The Morgan fingerprint density at radius 1 is 0.944 bits per heavy atom. The number of nitrogen functional groups attached to an aromatic ring is 1. The second kappa shape index (κ2) is 5.05. The first kappa shape index (κ1) is 14.6. The van der Waals surface area contributed by atoms with Gasteiger partial charge in [0.1, 0.15) is 0 Å². The maximum Gasteiger partial charge on any atom is 0.423 e. The zero-order chi connectivity index (χ0) is 14.0. The van der Waals surface area contributed by atoms with Crippen LogP contribution in [0.2, 0.25) is 0 Å². The molecule has 0 aliphatic rings. The average molecular weight is 273 g/mol. The molecular weight excluding hydrogens is 264 g/mol. The van der Waals surface area contributed by atoms with E-state index in [1.54, 1.807) is 0 Å². The van der Waals surface area contributed by atoms with Gasteiger partial charge in [0.2, 0.25) is 6.10 Å². The van der Waals surface area contributed by atoms with Crippen molar-refractivity contribution in [1.82, 2.24) is 0 Å². The lowest BCUT2D eigenvalue weighted by Gasteiger charge is -2.23. The Kier molecular flexibility index (Phi) is 4.10. The molecule has 1 rings (SSSR count). The van der Waals surface area contributed by atoms with Crippen LogP contribution >= 0.6 is 0 Å². The fourth-order valence-corrected chi connectivity index (χ4v) is 1.17. The first-order valence-corrected chi connectivity index (χ1v) is 4.70. The molecule has 0 bridgehead atoms. The van der Waals surface area contributed by atoms with Crippen molar-refractivity contribution >= 4 is 5.69 Å². The predicted octanol–water partition coefficient (Wildman–Crippen LogP) is 3.28. The van der Waals surface area contributed by atoms with Crippen LogP contribution in [-0.4, -0.2) is 18.5 Å². The van der Waals surface area contributed by atoms with Gasteiger partial charge in [0, 0.05) is 5.69 Å². The molecule has 0 unspecified atom stereocenters. The molecule has 8 heteroatoms. The van der Waals surface area contributed by atoms with Gasteiger partial charge < -0.3 is 10.5 Å². The lowest BCUT2D eigenvalue weighted by molar-refractivity contribution is -0.324. The summed E-state index contributed by atoms with van der Waals surface area (Å²) in [6, 6.07) is 5.29. The van der Waals surface area contributed by atoms with Gasteiger partial charge in [-0.15, -0.1) is 0 Å². The highest BCUT2D eigenvalue weighted by molar-refractivity contribution is 5.39. The SMILES string of the molecule is Nc1ccc(COC(C(F)(F)F)C(F)(F)F)cc1. The molecule has 0 aromatic heterocycles. The standard InChI is InChI=1S/C10H9F6NO/c11-9(12,13)8(10(14,15)16)18-5-6-1-3-7(17)4-2-6/h1-4,8H,5,17H2. The molecule has 0 amide bonds. The van der Waals surface area contributed by atoms with E-state index in [2.05, 4.69) is 4.74 Å². The summed E-state index contributed by atoms with van der Waals surface area (Å²) in [5.74, 6) is 0.